The molecule has 2 amide bonds. The molecule has 3 N–H and O–H groups in total. The van der Waals surface area contributed by atoms with E-state index in [1.807, 2.05) is 60.7 Å². The number of quaternary nitrogens is 1. The van der Waals surface area contributed by atoms with Crippen LogP contribution in [0.2, 0.25) is 0 Å². The first-order chi connectivity index (χ1) is 14.0. The van der Waals surface area contributed by atoms with Crippen molar-refractivity contribution in [2.24, 2.45) is 0 Å². The van der Waals surface area contributed by atoms with E-state index < -0.39 is 0 Å². The second-order valence-corrected chi connectivity index (χ2v) is 7.52. The van der Waals surface area contributed by atoms with Gasteiger partial charge < -0.3 is 15.5 Å². The standard InChI is InChI=1S/C24H27N3O2/c1-27(2)17-21-10-4-3-9-20(21)15-25-24(29)16-26-23(28)14-19-12-7-11-18-8-5-6-13-22(18)19/h3-13H,14-17H2,1-2H3,(H,25,29)(H,26,28)/p+1. The quantitative estimate of drug-likeness (QED) is 0.545. The lowest BCUT2D eigenvalue weighted by molar-refractivity contribution is -0.872. The Morgan fingerprint density at radius 1 is 0.759 bits per heavy atom. The summed E-state index contributed by atoms with van der Waals surface area (Å²) >= 11 is 0. The van der Waals surface area contributed by atoms with Crippen LogP contribution in [0.4, 0.5) is 0 Å². The largest absolute Gasteiger partial charge is 0.350 e. The summed E-state index contributed by atoms with van der Waals surface area (Å²) < 4.78 is 0. The molecule has 0 aliphatic heterocycles. The molecule has 0 fully saturated rings. The summed E-state index contributed by atoms with van der Waals surface area (Å²) in [5.74, 6) is -0.351. The van der Waals surface area contributed by atoms with Gasteiger partial charge in [-0.25, -0.2) is 0 Å². The van der Waals surface area contributed by atoms with Gasteiger partial charge in [0, 0.05) is 12.1 Å². The monoisotopic (exact) mass is 390 g/mol. The average Bonchev–Trinajstić information content (AvgIpc) is 2.71. The molecule has 3 aromatic carbocycles. The van der Waals surface area contributed by atoms with Crippen molar-refractivity contribution < 1.29 is 14.5 Å². The maximum absolute atomic E-state index is 12.3. The van der Waals surface area contributed by atoms with Gasteiger partial charge >= 0.3 is 0 Å². The third kappa shape index (κ3) is 5.90. The van der Waals surface area contributed by atoms with E-state index in [2.05, 4.69) is 30.8 Å². The van der Waals surface area contributed by atoms with Gasteiger partial charge in [-0.05, 0) is 21.9 Å². The summed E-state index contributed by atoms with van der Waals surface area (Å²) in [6, 6.07) is 22.0. The van der Waals surface area contributed by atoms with E-state index in [-0.39, 0.29) is 24.8 Å². The van der Waals surface area contributed by atoms with Crippen molar-refractivity contribution in [1.29, 1.82) is 0 Å². The number of rotatable bonds is 8. The molecular formula is C24H28N3O2+. The predicted octanol–water partition coefficient (Wildman–Crippen LogP) is 1.46. The lowest BCUT2D eigenvalue weighted by atomic mass is 10.0. The Morgan fingerprint density at radius 3 is 2.21 bits per heavy atom. The van der Waals surface area contributed by atoms with E-state index in [4.69, 9.17) is 0 Å². The van der Waals surface area contributed by atoms with Crippen LogP contribution < -0.4 is 15.5 Å². The van der Waals surface area contributed by atoms with Gasteiger partial charge in [0.05, 0.1) is 27.1 Å². The van der Waals surface area contributed by atoms with Gasteiger partial charge in [0.2, 0.25) is 11.8 Å². The second-order valence-electron chi connectivity index (χ2n) is 7.52. The first kappa shape index (κ1) is 20.6. The SMILES string of the molecule is C[NH+](C)Cc1ccccc1CNC(=O)CNC(=O)Cc1cccc2ccccc12. The van der Waals surface area contributed by atoms with Crippen LogP contribution in [0, 0.1) is 0 Å². The van der Waals surface area contributed by atoms with E-state index in [9.17, 15) is 9.59 Å². The summed E-state index contributed by atoms with van der Waals surface area (Å²) in [5.41, 5.74) is 3.28. The van der Waals surface area contributed by atoms with Crippen molar-refractivity contribution in [1.82, 2.24) is 10.6 Å². The third-order valence-corrected chi connectivity index (χ3v) is 4.82. The van der Waals surface area contributed by atoms with Crippen LogP contribution in [0.1, 0.15) is 16.7 Å². The number of carbonyl (C=O) groups excluding carboxylic acids is 2. The number of hydrogen-bond acceptors (Lipinski definition) is 2. The minimum absolute atomic E-state index is 0.0231. The fourth-order valence-corrected chi connectivity index (χ4v) is 3.40. The van der Waals surface area contributed by atoms with Crippen molar-refractivity contribution in [3.05, 3.63) is 83.4 Å². The van der Waals surface area contributed by atoms with Crippen molar-refractivity contribution >= 4 is 22.6 Å². The zero-order valence-electron chi connectivity index (χ0n) is 17.0. The van der Waals surface area contributed by atoms with Gasteiger partial charge in [-0.1, -0.05) is 66.7 Å². The van der Waals surface area contributed by atoms with Gasteiger partial charge in [-0.15, -0.1) is 0 Å². The van der Waals surface area contributed by atoms with Crippen molar-refractivity contribution in [3.63, 3.8) is 0 Å². The Balaban J connectivity index is 1.50. The number of nitrogens with one attached hydrogen (secondary N) is 3. The molecule has 0 unspecified atom stereocenters. The fourth-order valence-electron chi connectivity index (χ4n) is 3.40. The summed E-state index contributed by atoms with van der Waals surface area (Å²) in [6.07, 6.45) is 0.253. The van der Waals surface area contributed by atoms with Crippen molar-refractivity contribution in [3.8, 4) is 0 Å². The van der Waals surface area contributed by atoms with Crippen LogP contribution in [0.3, 0.4) is 0 Å². The molecular weight excluding hydrogens is 362 g/mol. The molecule has 150 valence electrons. The molecule has 5 nitrogen and oxygen atoms in total. The van der Waals surface area contributed by atoms with Crippen LogP contribution in [0.25, 0.3) is 10.8 Å². The van der Waals surface area contributed by atoms with Crippen LogP contribution in [0.5, 0.6) is 0 Å². The number of amides is 2. The number of benzene rings is 3. The van der Waals surface area contributed by atoms with E-state index in [0.717, 1.165) is 28.4 Å². The molecule has 3 aromatic rings. The van der Waals surface area contributed by atoms with Crippen LogP contribution in [-0.2, 0) is 29.1 Å². The third-order valence-electron chi connectivity index (χ3n) is 4.82. The Hall–Kier alpha value is -3.18. The second kappa shape index (κ2) is 9.85. The van der Waals surface area contributed by atoms with Gasteiger partial charge in [-0.2, -0.15) is 0 Å². The van der Waals surface area contributed by atoms with E-state index in [1.165, 1.54) is 10.5 Å². The Kier molecular flexibility index (Phi) is 6.98. The van der Waals surface area contributed by atoms with Crippen LogP contribution in [-0.4, -0.2) is 32.5 Å². The van der Waals surface area contributed by atoms with Crippen LogP contribution in [0.15, 0.2) is 66.7 Å². The molecule has 0 saturated heterocycles. The maximum atomic E-state index is 12.3. The van der Waals surface area contributed by atoms with Crippen molar-refractivity contribution in [2.75, 3.05) is 20.6 Å². The van der Waals surface area contributed by atoms with Gasteiger partial charge in [0.15, 0.2) is 0 Å². The summed E-state index contributed by atoms with van der Waals surface area (Å²) in [6.45, 7) is 1.33. The van der Waals surface area contributed by atoms with Crippen molar-refractivity contribution in [2.45, 2.75) is 19.5 Å². The topological polar surface area (TPSA) is 62.6 Å². The van der Waals surface area contributed by atoms with Gasteiger partial charge in [0.25, 0.3) is 0 Å². The molecule has 0 heterocycles. The average molecular weight is 391 g/mol. The molecule has 29 heavy (non-hydrogen) atoms. The fraction of sp³-hybridized carbons (Fsp3) is 0.250. The molecule has 0 saturated carbocycles. The molecule has 5 heteroatoms. The zero-order valence-corrected chi connectivity index (χ0v) is 17.0. The smallest absolute Gasteiger partial charge is 0.239 e. The Morgan fingerprint density at radius 2 is 1.41 bits per heavy atom. The molecule has 0 radical (unpaired) electrons. The van der Waals surface area contributed by atoms with Crippen LogP contribution >= 0.6 is 0 Å². The maximum Gasteiger partial charge on any atom is 0.239 e. The molecule has 0 aliphatic rings. The summed E-state index contributed by atoms with van der Waals surface area (Å²) in [4.78, 5) is 25.8. The normalized spacial score (nSPS) is 10.9. The van der Waals surface area contributed by atoms with E-state index in [1.54, 1.807) is 0 Å². The summed E-state index contributed by atoms with van der Waals surface area (Å²) in [5, 5.41) is 7.79. The lowest BCUT2D eigenvalue weighted by Gasteiger charge is -2.13. The highest BCUT2D eigenvalue weighted by Gasteiger charge is 2.10. The highest BCUT2D eigenvalue weighted by molar-refractivity contribution is 5.91. The van der Waals surface area contributed by atoms with E-state index >= 15 is 0 Å². The first-order valence-electron chi connectivity index (χ1n) is 9.89. The van der Waals surface area contributed by atoms with Gasteiger partial charge in [0.1, 0.15) is 6.54 Å². The minimum Gasteiger partial charge on any atom is -0.350 e. The molecule has 0 aliphatic carbocycles. The molecule has 0 atom stereocenters. The Labute approximate surface area is 171 Å². The molecule has 3 rings (SSSR count). The predicted molar refractivity (Wildman–Crippen MR) is 115 cm³/mol. The first-order valence-corrected chi connectivity index (χ1v) is 9.89. The van der Waals surface area contributed by atoms with Gasteiger partial charge in [-0.3, -0.25) is 9.59 Å². The highest BCUT2D eigenvalue weighted by Crippen LogP contribution is 2.18. The Bertz CT molecular complexity index is 993. The zero-order chi connectivity index (χ0) is 20.6. The van der Waals surface area contributed by atoms with E-state index in [0.29, 0.717) is 6.54 Å². The highest BCUT2D eigenvalue weighted by atomic mass is 16.2. The number of fused-ring (bicyclic) bond motifs is 1. The summed E-state index contributed by atoms with van der Waals surface area (Å²) in [7, 11) is 4.20. The molecule has 0 bridgehead atoms. The minimum atomic E-state index is -0.191. The molecule has 0 aromatic heterocycles. The lowest BCUT2D eigenvalue weighted by Crippen LogP contribution is -3.04. The molecule has 0 spiro atoms. The number of carbonyl (C=O) groups is 2. The number of hydrogen-bond donors (Lipinski definition) is 3.